The Bertz CT molecular complexity index is 738. The number of nitrogens with one attached hydrogen (secondary N) is 1. The predicted molar refractivity (Wildman–Crippen MR) is 134 cm³/mol. The molecule has 0 radical (unpaired) electrons. The number of amides is 2. The Balaban J connectivity index is 1.96. The van der Waals surface area contributed by atoms with Crippen molar-refractivity contribution in [3.8, 4) is 5.75 Å². The number of piperazine rings is 1. The third-order valence-corrected chi connectivity index (χ3v) is 6.42. The highest BCUT2D eigenvalue weighted by molar-refractivity contribution is 5.88. The van der Waals surface area contributed by atoms with Crippen LogP contribution in [0.5, 0.6) is 5.75 Å². The van der Waals surface area contributed by atoms with Crippen LogP contribution in [0.25, 0.3) is 0 Å². The van der Waals surface area contributed by atoms with Gasteiger partial charge in [-0.05, 0) is 30.5 Å². The molecule has 0 spiro atoms. The van der Waals surface area contributed by atoms with E-state index in [-0.39, 0.29) is 11.8 Å². The summed E-state index contributed by atoms with van der Waals surface area (Å²) in [4.78, 5) is 40.6. The lowest BCUT2D eigenvalue weighted by atomic mass is 10.1. The highest BCUT2D eigenvalue weighted by atomic mass is 16.5. The van der Waals surface area contributed by atoms with Gasteiger partial charge in [-0.15, -0.1) is 0 Å². The van der Waals surface area contributed by atoms with Gasteiger partial charge in [0.05, 0.1) is 0 Å². The molecule has 34 heavy (non-hydrogen) atoms. The minimum Gasteiger partial charge on any atom is -0.429 e. The maximum Gasteiger partial charge on any atom is 0.298 e. The molecule has 1 aliphatic heterocycles. The molecule has 1 saturated heterocycles. The Kier molecular flexibility index (Phi) is 13.3. The van der Waals surface area contributed by atoms with E-state index < -0.39 is 6.04 Å². The zero-order chi connectivity index (χ0) is 24.6. The maximum atomic E-state index is 13.1. The van der Waals surface area contributed by atoms with Gasteiger partial charge in [-0.2, -0.15) is 0 Å². The fourth-order valence-electron chi connectivity index (χ4n) is 4.40. The average Bonchev–Trinajstić information content (AvgIpc) is 2.85. The second-order valence-electron chi connectivity index (χ2n) is 9.21. The summed E-state index contributed by atoms with van der Waals surface area (Å²) in [5.41, 5.74) is 1.08. The van der Waals surface area contributed by atoms with E-state index in [1.54, 1.807) is 17.0 Å². The summed E-state index contributed by atoms with van der Waals surface area (Å²) in [7, 11) is 0. The van der Waals surface area contributed by atoms with Gasteiger partial charge in [0.1, 0.15) is 11.8 Å². The lowest BCUT2D eigenvalue weighted by molar-refractivity contribution is -0.144. The van der Waals surface area contributed by atoms with E-state index in [4.69, 9.17) is 4.74 Å². The van der Waals surface area contributed by atoms with E-state index in [2.05, 4.69) is 24.1 Å². The molecule has 2 rings (SSSR count). The van der Waals surface area contributed by atoms with Crippen molar-refractivity contribution in [2.75, 3.05) is 26.2 Å². The van der Waals surface area contributed by atoms with Gasteiger partial charge in [-0.25, -0.2) is 0 Å². The highest BCUT2D eigenvalue weighted by Crippen LogP contribution is 2.18. The molecule has 0 aliphatic carbocycles. The number of hydrogen-bond donors (Lipinski definition) is 1. The molecule has 0 saturated carbocycles. The fraction of sp³-hybridized carbons (Fsp3) is 0.667. The van der Waals surface area contributed by atoms with Gasteiger partial charge in [-0.1, -0.05) is 70.9 Å². The van der Waals surface area contributed by atoms with Crippen molar-refractivity contribution >= 4 is 18.3 Å². The quantitative estimate of drug-likeness (QED) is 0.286. The molecule has 1 fully saturated rings. The largest absolute Gasteiger partial charge is 0.429 e. The smallest absolute Gasteiger partial charge is 0.298 e. The van der Waals surface area contributed by atoms with Gasteiger partial charge >= 0.3 is 0 Å². The number of ether oxygens (including phenoxy) is 1. The first-order valence-corrected chi connectivity index (χ1v) is 13.1. The second-order valence-corrected chi connectivity index (χ2v) is 9.21. The third-order valence-electron chi connectivity index (χ3n) is 6.42. The van der Waals surface area contributed by atoms with Gasteiger partial charge < -0.3 is 15.0 Å². The van der Waals surface area contributed by atoms with Crippen molar-refractivity contribution in [1.82, 2.24) is 15.1 Å². The average molecular weight is 474 g/mol. The number of benzene rings is 1. The van der Waals surface area contributed by atoms with E-state index in [1.807, 2.05) is 12.1 Å². The number of carbonyl (C=O) groups excluding carboxylic acids is 3. The molecule has 1 aromatic rings. The van der Waals surface area contributed by atoms with Crippen LogP contribution in [-0.4, -0.2) is 60.3 Å². The molecular formula is C27H43N3O4. The minimum atomic E-state index is -0.458. The normalized spacial score (nSPS) is 16.3. The van der Waals surface area contributed by atoms with E-state index in [0.29, 0.717) is 44.8 Å². The van der Waals surface area contributed by atoms with Crippen molar-refractivity contribution in [3.63, 3.8) is 0 Å². The Hall–Kier alpha value is -2.41. The number of hydrogen-bond acceptors (Lipinski definition) is 5. The molecule has 1 aliphatic rings. The summed E-state index contributed by atoms with van der Waals surface area (Å²) in [6, 6.07) is 6.93. The number of unbranched alkanes of at least 4 members (excludes halogenated alkanes) is 7. The predicted octanol–water partition coefficient (Wildman–Crippen LogP) is 4.29. The summed E-state index contributed by atoms with van der Waals surface area (Å²) < 4.78 is 4.86. The third kappa shape index (κ3) is 9.84. The topological polar surface area (TPSA) is 79.0 Å². The lowest BCUT2D eigenvalue weighted by Gasteiger charge is -2.40. The van der Waals surface area contributed by atoms with Crippen LogP contribution in [0.3, 0.4) is 0 Å². The van der Waals surface area contributed by atoms with Crippen molar-refractivity contribution in [3.05, 3.63) is 29.8 Å². The number of nitrogens with zero attached hydrogens (tertiary/aromatic N) is 2. The molecule has 1 aromatic carbocycles. The summed E-state index contributed by atoms with van der Waals surface area (Å²) >= 11 is 0. The molecular weight excluding hydrogens is 430 g/mol. The zero-order valence-electron chi connectivity index (χ0n) is 21.1. The fourth-order valence-corrected chi connectivity index (χ4v) is 4.40. The molecule has 7 heteroatoms. The standard InChI is InChI=1S/C27H43N3O4/c1-3-5-7-9-10-12-26(32)30-19-18-29(20-23-13-15-24(16-14-23)34-22-31)21-25(30)27(33)28-17-11-8-6-4-2/h13-16,22,25H,3-12,17-21H2,1-2H3,(H,28,33)/t25-/m1/s1. The van der Waals surface area contributed by atoms with Gasteiger partial charge in [0, 0.05) is 39.1 Å². The van der Waals surface area contributed by atoms with E-state index in [0.717, 1.165) is 50.6 Å². The SMILES string of the molecule is CCCCCCCC(=O)N1CCN(Cc2ccc(OC=O)cc2)C[C@@H]1C(=O)NCCCCCC. The van der Waals surface area contributed by atoms with Gasteiger partial charge in [-0.3, -0.25) is 19.3 Å². The van der Waals surface area contributed by atoms with Crippen LogP contribution in [0.1, 0.15) is 83.6 Å². The molecule has 1 N–H and O–H groups in total. The van der Waals surface area contributed by atoms with Crippen LogP contribution in [-0.2, 0) is 20.9 Å². The Labute approximate surface area is 205 Å². The van der Waals surface area contributed by atoms with Crippen LogP contribution < -0.4 is 10.1 Å². The molecule has 7 nitrogen and oxygen atoms in total. The lowest BCUT2D eigenvalue weighted by Crippen LogP contribution is -2.60. The molecule has 0 unspecified atom stereocenters. The first-order valence-electron chi connectivity index (χ1n) is 13.1. The summed E-state index contributed by atoms with van der Waals surface area (Å²) in [6.45, 7) is 7.93. The molecule has 2 amide bonds. The maximum absolute atomic E-state index is 13.1. The second kappa shape index (κ2) is 16.3. The first kappa shape index (κ1) is 27.8. The molecule has 1 atom stereocenters. The monoisotopic (exact) mass is 473 g/mol. The summed E-state index contributed by atoms with van der Waals surface area (Å²) in [5, 5.41) is 3.08. The Morgan fingerprint density at radius 3 is 2.32 bits per heavy atom. The van der Waals surface area contributed by atoms with Crippen molar-refractivity contribution in [2.24, 2.45) is 0 Å². The number of rotatable bonds is 16. The Morgan fingerprint density at radius 2 is 1.65 bits per heavy atom. The van der Waals surface area contributed by atoms with Gasteiger partial charge in [0.25, 0.3) is 6.47 Å². The van der Waals surface area contributed by atoms with E-state index >= 15 is 0 Å². The minimum absolute atomic E-state index is 0.0461. The van der Waals surface area contributed by atoms with Crippen molar-refractivity contribution < 1.29 is 19.1 Å². The van der Waals surface area contributed by atoms with Crippen LogP contribution in [0.2, 0.25) is 0 Å². The molecule has 0 aromatic heterocycles. The first-order chi connectivity index (χ1) is 16.6. The van der Waals surface area contributed by atoms with Gasteiger partial charge in [0.2, 0.25) is 11.8 Å². The van der Waals surface area contributed by atoms with Crippen LogP contribution >= 0.6 is 0 Å². The Morgan fingerprint density at radius 1 is 0.971 bits per heavy atom. The zero-order valence-corrected chi connectivity index (χ0v) is 21.1. The number of carbonyl (C=O) groups is 3. The molecule has 190 valence electrons. The van der Waals surface area contributed by atoms with Crippen molar-refractivity contribution in [1.29, 1.82) is 0 Å². The van der Waals surface area contributed by atoms with Crippen LogP contribution in [0.15, 0.2) is 24.3 Å². The van der Waals surface area contributed by atoms with Crippen LogP contribution in [0.4, 0.5) is 0 Å². The van der Waals surface area contributed by atoms with Gasteiger partial charge in [0.15, 0.2) is 0 Å². The summed E-state index contributed by atoms with van der Waals surface area (Å²) in [6.07, 6.45) is 10.4. The van der Waals surface area contributed by atoms with Crippen LogP contribution in [0, 0.1) is 0 Å². The molecule has 0 bridgehead atoms. The molecule has 1 heterocycles. The van der Waals surface area contributed by atoms with E-state index in [1.165, 1.54) is 19.3 Å². The highest BCUT2D eigenvalue weighted by Gasteiger charge is 2.34. The van der Waals surface area contributed by atoms with Crippen molar-refractivity contribution in [2.45, 2.75) is 90.6 Å². The summed E-state index contributed by atoms with van der Waals surface area (Å²) in [5.74, 6) is 0.557. The van der Waals surface area contributed by atoms with E-state index in [9.17, 15) is 14.4 Å².